The van der Waals surface area contributed by atoms with Crippen LogP contribution in [0, 0.1) is 5.82 Å². The molecule has 7 nitrogen and oxygen atoms in total. The first-order valence-corrected chi connectivity index (χ1v) is 13.9. The number of fused-ring (bicyclic) bond motifs is 1. The number of aromatic nitrogens is 2. The lowest BCUT2D eigenvalue weighted by molar-refractivity contribution is -0.142. The molecule has 0 amide bonds. The molecule has 0 bridgehead atoms. The van der Waals surface area contributed by atoms with Gasteiger partial charge < -0.3 is 19.1 Å². The quantitative estimate of drug-likeness (QED) is 0.258. The first-order chi connectivity index (χ1) is 19.3. The Balaban J connectivity index is 1.17. The molecule has 2 saturated heterocycles. The van der Waals surface area contributed by atoms with Crippen molar-refractivity contribution in [1.82, 2.24) is 14.5 Å². The Bertz CT molecular complexity index is 1570. The molecule has 1 N–H and O–H groups in total. The van der Waals surface area contributed by atoms with E-state index in [1.54, 1.807) is 30.3 Å². The topological polar surface area (TPSA) is 76.8 Å². The molecule has 2 atom stereocenters. The molecular formula is C31H31ClFN3O4. The molecular weight excluding hydrogens is 533 g/mol. The van der Waals surface area contributed by atoms with Crippen LogP contribution < -0.4 is 4.74 Å². The molecule has 0 aliphatic carbocycles. The second-order valence-electron chi connectivity index (χ2n) is 11.0. The van der Waals surface area contributed by atoms with Crippen LogP contribution in [0.5, 0.6) is 5.75 Å². The zero-order valence-electron chi connectivity index (χ0n) is 22.3. The third-order valence-corrected chi connectivity index (χ3v) is 8.23. The molecule has 0 spiro atoms. The van der Waals surface area contributed by atoms with E-state index in [4.69, 9.17) is 26.1 Å². The van der Waals surface area contributed by atoms with Gasteiger partial charge in [0.2, 0.25) is 0 Å². The highest BCUT2D eigenvalue weighted by atomic mass is 35.5. The molecule has 4 aromatic rings. The number of nitrogens with zero attached hydrogens (tertiary/aromatic N) is 3. The number of carbonyl (C=O) groups is 1. The first-order valence-electron chi connectivity index (χ1n) is 13.5. The smallest absolute Gasteiger partial charge is 0.335 e. The van der Waals surface area contributed by atoms with E-state index in [9.17, 15) is 14.3 Å². The summed E-state index contributed by atoms with van der Waals surface area (Å²) in [5, 5.41) is 9.88. The summed E-state index contributed by atoms with van der Waals surface area (Å²) < 4.78 is 27.8. The Morgan fingerprint density at radius 1 is 1.23 bits per heavy atom. The molecule has 6 rings (SSSR count). The highest BCUT2D eigenvalue weighted by Gasteiger charge is 2.35. The van der Waals surface area contributed by atoms with E-state index in [2.05, 4.69) is 28.5 Å². The third-order valence-electron chi connectivity index (χ3n) is 8.00. The predicted octanol–water partition coefficient (Wildman–Crippen LogP) is 6.27. The fraction of sp³-hybridized carbons (Fsp3) is 0.355. The summed E-state index contributed by atoms with van der Waals surface area (Å²) in [5.41, 5.74) is 3.82. The highest BCUT2D eigenvalue weighted by molar-refractivity contribution is 6.30. The van der Waals surface area contributed by atoms with E-state index in [1.165, 1.54) is 11.6 Å². The van der Waals surface area contributed by atoms with Crippen LogP contribution in [0.3, 0.4) is 0 Å². The standard InChI is InChI=1S/C31H31ClFN3O4/c1-31(10-12-40-31)19-36-27-14-22(30(37)38)5-7-26(27)34-29(36)17-35-11-9-23(16-35)21-4-2-3-20(13-21)18-39-28-8-6-24(32)15-25(28)33/h2-8,13-15,23H,9-12,16-19H2,1H3,(H,37,38)/t23-,31?/m0/s1. The summed E-state index contributed by atoms with van der Waals surface area (Å²) in [5.74, 6) is 0.0355. The zero-order chi connectivity index (χ0) is 27.9. The summed E-state index contributed by atoms with van der Waals surface area (Å²) in [6, 6.07) is 17.8. The fourth-order valence-corrected chi connectivity index (χ4v) is 5.81. The number of aromatic carboxylic acids is 1. The van der Waals surface area contributed by atoms with Gasteiger partial charge >= 0.3 is 5.97 Å². The highest BCUT2D eigenvalue weighted by Crippen LogP contribution is 2.33. The Morgan fingerprint density at radius 3 is 2.83 bits per heavy atom. The van der Waals surface area contributed by atoms with Gasteiger partial charge in [-0.3, -0.25) is 4.90 Å². The van der Waals surface area contributed by atoms with Gasteiger partial charge in [-0.2, -0.15) is 0 Å². The number of hydrogen-bond donors (Lipinski definition) is 1. The summed E-state index contributed by atoms with van der Waals surface area (Å²) in [4.78, 5) is 19.0. The van der Waals surface area contributed by atoms with Gasteiger partial charge in [-0.1, -0.05) is 35.9 Å². The largest absolute Gasteiger partial charge is 0.486 e. The van der Waals surface area contributed by atoms with Gasteiger partial charge in [0.15, 0.2) is 11.6 Å². The van der Waals surface area contributed by atoms with Gasteiger partial charge in [-0.05, 0) is 73.3 Å². The molecule has 2 aliphatic rings. The maximum atomic E-state index is 14.1. The molecule has 0 saturated carbocycles. The third kappa shape index (κ3) is 5.57. The van der Waals surface area contributed by atoms with Crippen molar-refractivity contribution >= 4 is 28.6 Å². The average Bonchev–Trinajstić information content (AvgIpc) is 3.52. The van der Waals surface area contributed by atoms with Gasteiger partial charge in [-0.25, -0.2) is 14.2 Å². The SMILES string of the molecule is CC1(Cn2c(CN3CC[C@H](c4cccc(COc5ccc(Cl)cc5F)c4)C3)nc3ccc(C(=O)O)cc32)CCO1. The number of halogens is 2. The van der Waals surface area contributed by atoms with Crippen LogP contribution in [0.25, 0.3) is 11.0 Å². The summed E-state index contributed by atoms with van der Waals surface area (Å²) in [6.45, 7) is 6.22. The van der Waals surface area contributed by atoms with Crippen molar-refractivity contribution in [2.45, 2.75) is 51.0 Å². The summed E-state index contributed by atoms with van der Waals surface area (Å²) in [7, 11) is 0. The number of ether oxygens (including phenoxy) is 2. The van der Waals surface area contributed by atoms with E-state index >= 15 is 0 Å². The number of rotatable bonds is 9. The van der Waals surface area contributed by atoms with Crippen LogP contribution >= 0.6 is 11.6 Å². The van der Waals surface area contributed by atoms with Crippen molar-refractivity contribution in [3.63, 3.8) is 0 Å². The monoisotopic (exact) mass is 563 g/mol. The Labute approximate surface area is 237 Å². The Morgan fingerprint density at radius 2 is 2.08 bits per heavy atom. The second-order valence-corrected chi connectivity index (χ2v) is 11.4. The molecule has 1 aromatic heterocycles. The van der Waals surface area contributed by atoms with E-state index in [1.807, 2.05) is 12.1 Å². The number of hydrogen-bond acceptors (Lipinski definition) is 5. The van der Waals surface area contributed by atoms with Crippen LogP contribution in [0.4, 0.5) is 4.39 Å². The van der Waals surface area contributed by atoms with Crippen LogP contribution in [0.1, 0.15) is 53.0 Å². The molecule has 9 heteroatoms. The van der Waals surface area contributed by atoms with E-state index in [-0.39, 0.29) is 23.5 Å². The minimum Gasteiger partial charge on any atom is -0.486 e. The number of carboxylic acid groups (broad SMARTS) is 1. The van der Waals surface area contributed by atoms with Gasteiger partial charge in [0, 0.05) is 18.0 Å². The fourth-order valence-electron chi connectivity index (χ4n) is 5.65. The molecule has 40 heavy (non-hydrogen) atoms. The normalized spacial score (nSPS) is 21.0. The van der Waals surface area contributed by atoms with Crippen molar-refractivity contribution < 1.29 is 23.8 Å². The van der Waals surface area contributed by atoms with E-state index in [0.717, 1.165) is 55.0 Å². The van der Waals surface area contributed by atoms with Gasteiger partial charge in [-0.15, -0.1) is 0 Å². The van der Waals surface area contributed by atoms with Crippen LogP contribution in [0.15, 0.2) is 60.7 Å². The lowest BCUT2D eigenvalue weighted by Gasteiger charge is -2.39. The predicted molar refractivity (Wildman–Crippen MR) is 150 cm³/mol. The number of carboxylic acids is 1. The van der Waals surface area contributed by atoms with Crippen molar-refractivity contribution in [2.75, 3.05) is 19.7 Å². The van der Waals surface area contributed by atoms with Crippen molar-refractivity contribution in [2.24, 2.45) is 0 Å². The molecule has 208 valence electrons. The minimum absolute atomic E-state index is 0.182. The minimum atomic E-state index is -0.948. The Hall–Kier alpha value is -3.46. The van der Waals surface area contributed by atoms with Crippen LogP contribution in [-0.4, -0.2) is 50.8 Å². The van der Waals surface area contributed by atoms with E-state index in [0.29, 0.717) is 24.0 Å². The first kappa shape index (κ1) is 26.7. The van der Waals surface area contributed by atoms with Gasteiger partial charge in [0.05, 0.1) is 41.9 Å². The molecule has 2 aliphatic heterocycles. The van der Waals surface area contributed by atoms with Crippen molar-refractivity contribution in [3.8, 4) is 5.75 Å². The Kier molecular flexibility index (Phi) is 7.25. The number of likely N-dealkylation sites (tertiary alicyclic amines) is 1. The van der Waals surface area contributed by atoms with Crippen LogP contribution in [-0.2, 0) is 24.4 Å². The van der Waals surface area contributed by atoms with Crippen LogP contribution in [0.2, 0.25) is 5.02 Å². The molecule has 3 aromatic carbocycles. The average molecular weight is 564 g/mol. The summed E-state index contributed by atoms with van der Waals surface area (Å²) >= 11 is 5.84. The second kappa shape index (κ2) is 10.8. The lowest BCUT2D eigenvalue weighted by Crippen LogP contribution is -2.44. The number of benzene rings is 3. The zero-order valence-corrected chi connectivity index (χ0v) is 23.0. The summed E-state index contributed by atoms with van der Waals surface area (Å²) in [6.07, 6.45) is 1.97. The van der Waals surface area contributed by atoms with E-state index < -0.39 is 11.8 Å². The van der Waals surface area contributed by atoms with Crippen molar-refractivity contribution in [3.05, 3.63) is 94.0 Å². The molecule has 3 heterocycles. The maximum absolute atomic E-state index is 14.1. The lowest BCUT2D eigenvalue weighted by atomic mass is 9.97. The molecule has 1 unspecified atom stereocenters. The van der Waals surface area contributed by atoms with Gasteiger partial charge in [0.25, 0.3) is 0 Å². The maximum Gasteiger partial charge on any atom is 0.335 e. The van der Waals surface area contributed by atoms with Crippen molar-refractivity contribution in [1.29, 1.82) is 0 Å². The molecule has 0 radical (unpaired) electrons. The van der Waals surface area contributed by atoms with Gasteiger partial charge in [0.1, 0.15) is 12.4 Å². The molecule has 2 fully saturated rings. The number of imidazole rings is 1.